The normalized spacial score (nSPS) is 12.0. The molecule has 0 saturated carbocycles. The van der Waals surface area contributed by atoms with Crippen LogP contribution in [-0.2, 0) is 17.6 Å². The lowest BCUT2D eigenvalue weighted by molar-refractivity contribution is -0.137. The second-order valence-corrected chi connectivity index (χ2v) is 3.06. The third-order valence-corrected chi connectivity index (χ3v) is 1.99. The van der Waals surface area contributed by atoms with E-state index in [2.05, 4.69) is 0 Å². The zero-order valence-electron chi connectivity index (χ0n) is 8.16. The molecular formula is C11H9F3O2. The summed E-state index contributed by atoms with van der Waals surface area (Å²) in [6.45, 7) is -0.511. The standard InChI is InChI=1S/C11H9F3O2/c12-11(13,14)10-4-3-8(2-1-5-15)9(6-10)7-16/h1-6,16H,7H2. The molecule has 0 fully saturated rings. The molecule has 0 aliphatic rings. The molecule has 1 aromatic carbocycles. The quantitative estimate of drug-likeness (QED) is 0.639. The van der Waals surface area contributed by atoms with Crippen LogP contribution in [0.1, 0.15) is 16.7 Å². The van der Waals surface area contributed by atoms with Crippen LogP contribution in [0.5, 0.6) is 0 Å². The van der Waals surface area contributed by atoms with Gasteiger partial charge in [-0.05, 0) is 29.3 Å². The SMILES string of the molecule is O=CC=Cc1ccc(C(F)(F)F)cc1CO. The van der Waals surface area contributed by atoms with Gasteiger partial charge in [0.05, 0.1) is 12.2 Å². The molecule has 0 unspecified atom stereocenters. The summed E-state index contributed by atoms with van der Waals surface area (Å²) in [5.41, 5.74) is -0.296. The highest BCUT2D eigenvalue weighted by Gasteiger charge is 2.30. The molecule has 0 spiro atoms. The molecule has 0 saturated heterocycles. The molecule has 0 radical (unpaired) electrons. The molecule has 0 bridgehead atoms. The summed E-state index contributed by atoms with van der Waals surface area (Å²) in [6, 6.07) is 2.99. The fourth-order valence-corrected chi connectivity index (χ4v) is 1.22. The average Bonchev–Trinajstić information content (AvgIpc) is 2.24. The second kappa shape index (κ2) is 4.94. The summed E-state index contributed by atoms with van der Waals surface area (Å²) >= 11 is 0. The Balaban J connectivity index is 3.16. The van der Waals surface area contributed by atoms with E-state index in [1.54, 1.807) is 0 Å². The summed E-state index contributed by atoms with van der Waals surface area (Å²) in [5, 5.41) is 8.92. The first-order chi connectivity index (χ1) is 7.49. The van der Waals surface area contributed by atoms with Crippen LogP contribution in [0.4, 0.5) is 13.2 Å². The minimum Gasteiger partial charge on any atom is -0.392 e. The number of rotatable bonds is 3. The van der Waals surface area contributed by atoms with Crippen molar-refractivity contribution in [1.82, 2.24) is 0 Å². The maximum absolute atomic E-state index is 12.3. The van der Waals surface area contributed by atoms with Gasteiger partial charge in [-0.2, -0.15) is 13.2 Å². The molecule has 0 amide bonds. The Morgan fingerprint density at radius 2 is 2.00 bits per heavy atom. The summed E-state index contributed by atoms with van der Waals surface area (Å²) < 4.78 is 37.0. The van der Waals surface area contributed by atoms with Gasteiger partial charge in [0.2, 0.25) is 0 Å². The number of benzene rings is 1. The van der Waals surface area contributed by atoms with Crippen molar-refractivity contribution in [3.63, 3.8) is 0 Å². The van der Waals surface area contributed by atoms with E-state index < -0.39 is 18.3 Å². The largest absolute Gasteiger partial charge is 0.416 e. The Hall–Kier alpha value is -1.62. The lowest BCUT2D eigenvalue weighted by atomic mass is 10.0. The molecule has 0 heterocycles. The van der Waals surface area contributed by atoms with E-state index in [4.69, 9.17) is 5.11 Å². The van der Waals surface area contributed by atoms with Gasteiger partial charge in [0.25, 0.3) is 0 Å². The number of aliphatic hydroxyl groups excluding tert-OH is 1. The number of carbonyl (C=O) groups is 1. The first kappa shape index (κ1) is 12.4. The van der Waals surface area contributed by atoms with E-state index in [0.29, 0.717) is 11.8 Å². The van der Waals surface area contributed by atoms with Crippen molar-refractivity contribution in [2.45, 2.75) is 12.8 Å². The van der Waals surface area contributed by atoms with Crippen molar-refractivity contribution in [2.24, 2.45) is 0 Å². The molecule has 1 rings (SSSR count). The van der Waals surface area contributed by atoms with E-state index in [9.17, 15) is 18.0 Å². The van der Waals surface area contributed by atoms with Crippen LogP contribution < -0.4 is 0 Å². The fraction of sp³-hybridized carbons (Fsp3) is 0.182. The van der Waals surface area contributed by atoms with Crippen LogP contribution >= 0.6 is 0 Å². The summed E-state index contributed by atoms with van der Waals surface area (Å²) in [5.74, 6) is 0. The van der Waals surface area contributed by atoms with Gasteiger partial charge in [-0.3, -0.25) is 4.79 Å². The van der Waals surface area contributed by atoms with Crippen molar-refractivity contribution >= 4 is 12.4 Å². The van der Waals surface area contributed by atoms with Crippen molar-refractivity contribution in [2.75, 3.05) is 0 Å². The van der Waals surface area contributed by atoms with Crippen LogP contribution in [0.25, 0.3) is 6.08 Å². The molecule has 1 N–H and O–H groups in total. The fourth-order valence-electron chi connectivity index (χ4n) is 1.22. The number of halogens is 3. The van der Waals surface area contributed by atoms with Gasteiger partial charge in [0.1, 0.15) is 6.29 Å². The molecular weight excluding hydrogens is 221 g/mol. The Kier molecular flexibility index (Phi) is 3.84. The highest BCUT2D eigenvalue weighted by Crippen LogP contribution is 2.30. The van der Waals surface area contributed by atoms with E-state index in [1.807, 2.05) is 0 Å². The Morgan fingerprint density at radius 3 is 2.50 bits per heavy atom. The number of carbonyl (C=O) groups excluding carboxylic acids is 1. The van der Waals surface area contributed by atoms with Gasteiger partial charge in [0.15, 0.2) is 0 Å². The molecule has 2 nitrogen and oxygen atoms in total. The molecule has 0 aliphatic heterocycles. The highest BCUT2D eigenvalue weighted by molar-refractivity contribution is 5.74. The van der Waals surface area contributed by atoms with E-state index in [0.717, 1.165) is 18.2 Å². The van der Waals surface area contributed by atoms with E-state index in [1.165, 1.54) is 12.1 Å². The monoisotopic (exact) mass is 230 g/mol. The maximum atomic E-state index is 12.3. The van der Waals surface area contributed by atoms with Crippen LogP contribution in [0, 0.1) is 0 Å². The predicted molar refractivity (Wildman–Crippen MR) is 52.5 cm³/mol. The maximum Gasteiger partial charge on any atom is 0.416 e. The summed E-state index contributed by atoms with van der Waals surface area (Å²) in [7, 11) is 0. The molecule has 0 atom stereocenters. The number of hydrogen-bond donors (Lipinski definition) is 1. The molecule has 0 aromatic heterocycles. The third kappa shape index (κ3) is 2.93. The first-order valence-corrected chi connectivity index (χ1v) is 4.42. The van der Waals surface area contributed by atoms with Gasteiger partial charge in [-0.1, -0.05) is 12.1 Å². The predicted octanol–water partition coefficient (Wildman–Crippen LogP) is 2.41. The minimum absolute atomic E-state index is 0.132. The van der Waals surface area contributed by atoms with Crippen LogP contribution in [0.2, 0.25) is 0 Å². The van der Waals surface area contributed by atoms with E-state index >= 15 is 0 Å². The lowest BCUT2D eigenvalue weighted by Crippen LogP contribution is -2.06. The zero-order valence-corrected chi connectivity index (χ0v) is 8.16. The summed E-state index contributed by atoms with van der Waals surface area (Å²) in [4.78, 5) is 10.1. The van der Waals surface area contributed by atoms with Gasteiger partial charge < -0.3 is 5.11 Å². The Morgan fingerprint density at radius 1 is 1.31 bits per heavy atom. The number of aliphatic hydroxyl groups is 1. The Labute approximate surface area is 90.0 Å². The van der Waals surface area contributed by atoms with Gasteiger partial charge in [-0.15, -0.1) is 0 Å². The van der Waals surface area contributed by atoms with Crippen molar-refractivity contribution in [3.05, 3.63) is 41.0 Å². The van der Waals surface area contributed by atoms with Gasteiger partial charge >= 0.3 is 6.18 Å². The van der Waals surface area contributed by atoms with Gasteiger partial charge in [0, 0.05) is 0 Å². The second-order valence-electron chi connectivity index (χ2n) is 3.06. The van der Waals surface area contributed by atoms with Gasteiger partial charge in [-0.25, -0.2) is 0 Å². The number of hydrogen-bond acceptors (Lipinski definition) is 2. The third-order valence-electron chi connectivity index (χ3n) is 1.99. The number of alkyl halides is 3. The van der Waals surface area contributed by atoms with Crippen LogP contribution in [0.3, 0.4) is 0 Å². The average molecular weight is 230 g/mol. The van der Waals surface area contributed by atoms with E-state index in [-0.39, 0.29) is 5.56 Å². The molecule has 1 aromatic rings. The first-order valence-electron chi connectivity index (χ1n) is 4.42. The smallest absolute Gasteiger partial charge is 0.392 e. The molecule has 86 valence electrons. The van der Waals surface area contributed by atoms with Crippen molar-refractivity contribution < 1.29 is 23.1 Å². The number of allylic oxidation sites excluding steroid dienone is 1. The zero-order chi connectivity index (χ0) is 12.2. The minimum atomic E-state index is -4.43. The number of aldehydes is 1. The topological polar surface area (TPSA) is 37.3 Å². The van der Waals surface area contributed by atoms with Crippen molar-refractivity contribution in [1.29, 1.82) is 0 Å². The molecule has 16 heavy (non-hydrogen) atoms. The van der Waals surface area contributed by atoms with Crippen LogP contribution in [0.15, 0.2) is 24.3 Å². The van der Waals surface area contributed by atoms with Crippen LogP contribution in [-0.4, -0.2) is 11.4 Å². The highest BCUT2D eigenvalue weighted by atomic mass is 19.4. The lowest BCUT2D eigenvalue weighted by Gasteiger charge is -2.09. The Bertz CT molecular complexity index is 408. The molecule has 0 aliphatic carbocycles. The molecule has 5 heteroatoms. The summed E-state index contributed by atoms with van der Waals surface area (Å²) in [6.07, 6.45) is -1.42. The van der Waals surface area contributed by atoms with Crippen molar-refractivity contribution in [3.8, 4) is 0 Å².